The zero-order chi connectivity index (χ0) is 12.6. The molecule has 1 saturated heterocycles. The highest BCUT2D eigenvalue weighted by atomic mass is 15.0. The minimum Gasteiger partial charge on any atom is -0.307 e. The summed E-state index contributed by atoms with van der Waals surface area (Å²) < 4.78 is 0. The molecule has 1 heteroatoms. The number of benzene rings is 1. The molecule has 1 saturated carbocycles. The Morgan fingerprint density at radius 3 is 2.72 bits per heavy atom. The molecule has 1 aromatic rings. The number of hydrogen-bond acceptors (Lipinski definition) is 1. The first-order chi connectivity index (χ1) is 8.72. The molecule has 1 N–H and O–H groups in total. The highest BCUT2D eigenvalue weighted by Crippen LogP contribution is 2.50. The Bertz CT molecular complexity index is 423. The van der Waals surface area contributed by atoms with Crippen LogP contribution in [0.5, 0.6) is 0 Å². The number of nitrogens with one attached hydrogen (secondary N) is 1. The predicted octanol–water partition coefficient (Wildman–Crippen LogP) is 4.07. The summed E-state index contributed by atoms with van der Waals surface area (Å²) in [6, 6.07) is 6.99. The molecule has 2 aliphatic rings. The van der Waals surface area contributed by atoms with Crippen LogP contribution in [0.2, 0.25) is 0 Å². The van der Waals surface area contributed by atoms with Gasteiger partial charge in [0, 0.05) is 5.54 Å². The number of hydrogen-bond donors (Lipinski definition) is 1. The van der Waals surface area contributed by atoms with E-state index < -0.39 is 0 Å². The van der Waals surface area contributed by atoms with Gasteiger partial charge in [-0.15, -0.1) is 0 Å². The molecule has 1 atom stereocenters. The topological polar surface area (TPSA) is 12.0 Å². The maximum atomic E-state index is 3.94. The first kappa shape index (κ1) is 12.2. The van der Waals surface area contributed by atoms with Gasteiger partial charge >= 0.3 is 0 Å². The van der Waals surface area contributed by atoms with Crippen molar-refractivity contribution in [2.45, 2.75) is 57.9 Å². The van der Waals surface area contributed by atoms with Crippen molar-refractivity contribution in [1.82, 2.24) is 5.32 Å². The van der Waals surface area contributed by atoms with Gasteiger partial charge in [-0.1, -0.05) is 36.6 Å². The number of rotatable bonds is 2. The molecule has 1 heterocycles. The maximum Gasteiger partial charge on any atom is 0.0465 e. The minimum absolute atomic E-state index is 0.298. The Morgan fingerprint density at radius 2 is 1.94 bits per heavy atom. The Balaban J connectivity index is 2.04. The van der Waals surface area contributed by atoms with Crippen LogP contribution in [-0.2, 0) is 5.54 Å². The van der Waals surface area contributed by atoms with E-state index in [0.717, 1.165) is 5.92 Å². The fraction of sp³-hybridized carbons (Fsp3) is 0.647. The van der Waals surface area contributed by atoms with Crippen molar-refractivity contribution < 1.29 is 0 Å². The lowest BCUT2D eigenvalue weighted by Crippen LogP contribution is -2.44. The van der Waals surface area contributed by atoms with Gasteiger partial charge < -0.3 is 5.32 Å². The Labute approximate surface area is 111 Å². The van der Waals surface area contributed by atoms with Crippen LogP contribution in [-0.4, -0.2) is 6.54 Å². The molecular formula is C17H25N. The van der Waals surface area contributed by atoms with Crippen molar-refractivity contribution in [2.75, 3.05) is 6.54 Å². The van der Waals surface area contributed by atoms with Gasteiger partial charge in [-0.25, -0.2) is 0 Å². The Hall–Kier alpha value is -0.820. The standard InChI is InChI=1S/C17H25N/c1-13-6-7-14(2)16(12-13)17(15-8-9-15)10-4-3-5-11-18-17/h6-7,12,15,18H,3-5,8-11H2,1-2H3. The summed E-state index contributed by atoms with van der Waals surface area (Å²) in [5, 5.41) is 3.94. The first-order valence-corrected chi connectivity index (χ1v) is 7.55. The van der Waals surface area contributed by atoms with Crippen molar-refractivity contribution in [2.24, 2.45) is 5.92 Å². The first-order valence-electron chi connectivity index (χ1n) is 7.55. The van der Waals surface area contributed by atoms with Crippen molar-refractivity contribution in [3.63, 3.8) is 0 Å². The summed E-state index contributed by atoms with van der Waals surface area (Å²) in [4.78, 5) is 0. The van der Waals surface area contributed by atoms with E-state index >= 15 is 0 Å². The van der Waals surface area contributed by atoms with Crippen LogP contribution in [0.3, 0.4) is 0 Å². The smallest absolute Gasteiger partial charge is 0.0465 e. The highest BCUT2D eigenvalue weighted by Gasteiger charge is 2.46. The molecule has 2 fully saturated rings. The third-order valence-corrected chi connectivity index (χ3v) is 4.84. The average molecular weight is 243 g/mol. The third-order valence-electron chi connectivity index (χ3n) is 4.84. The van der Waals surface area contributed by atoms with Crippen LogP contribution in [0.15, 0.2) is 18.2 Å². The van der Waals surface area contributed by atoms with Gasteiger partial charge in [0.2, 0.25) is 0 Å². The van der Waals surface area contributed by atoms with Crippen LogP contribution in [0, 0.1) is 19.8 Å². The van der Waals surface area contributed by atoms with E-state index in [2.05, 4.69) is 37.4 Å². The summed E-state index contributed by atoms with van der Waals surface area (Å²) in [5.41, 5.74) is 4.77. The molecule has 1 aliphatic heterocycles. The van der Waals surface area contributed by atoms with E-state index in [4.69, 9.17) is 0 Å². The van der Waals surface area contributed by atoms with Crippen LogP contribution >= 0.6 is 0 Å². The molecule has 1 aliphatic carbocycles. The molecule has 98 valence electrons. The second-order valence-electron chi connectivity index (χ2n) is 6.30. The zero-order valence-corrected chi connectivity index (χ0v) is 11.8. The van der Waals surface area contributed by atoms with Gasteiger partial charge in [0.15, 0.2) is 0 Å². The monoisotopic (exact) mass is 243 g/mol. The molecular weight excluding hydrogens is 218 g/mol. The summed E-state index contributed by atoms with van der Waals surface area (Å²) in [5.74, 6) is 0.885. The molecule has 0 amide bonds. The fourth-order valence-corrected chi connectivity index (χ4v) is 3.70. The second-order valence-corrected chi connectivity index (χ2v) is 6.30. The van der Waals surface area contributed by atoms with Crippen molar-refractivity contribution in [3.8, 4) is 0 Å². The van der Waals surface area contributed by atoms with Crippen LogP contribution in [0.1, 0.15) is 55.2 Å². The van der Waals surface area contributed by atoms with Crippen molar-refractivity contribution in [3.05, 3.63) is 34.9 Å². The molecule has 3 rings (SSSR count). The highest BCUT2D eigenvalue weighted by molar-refractivity contribution is 5.38. The van der Waals surface area contributed by atoms with E-state index in [1.165, 1.54) is 56.2 Å². The molecule has 0 aromatic heterocycles. The molecule has 1 nitrogen and oxygen atoms in total. The van der Waals surface area contributed by atoms with Crippen LogP contribution in [0.4, 0.5) is 0 Å². The second kappa shape index (κ2) is 4.70. The molecule has 18 heavy (non-hydrogen) atoms. The third kappa shape index (κ3) is 2.09. The van der Waals surface area contributed by atoms with E-state index in [1.807, 2.05) is 0 Å². The lowest BCUT2D eigenvalue weighted by atomic mass is 9.78. The van der Waals surface area contributed by atoms with E-state index in [0.29, 0.717) is 5.54 Å². The summed E-state index contributed by atoms with van der Waals surface area (Å²) >= 11 is 0. The predicted molar refractivity (Wildman–Crippen MR) is 76.8 cm³/mol. The van der Waals surface area contributed by atoms with E-state index in [-0.39, 0.29) is 0 Å². The largest absolute Gasteiger partial charge is 0.307 e. The molecule has 0 spiro atoms. The van der Waals surface area contributed by atoms with Gasteiger partial charge in [-0.3, -0.25) is 0 Å². The molecule has 1 aromatic carbocycles. The maximum absolute atomic E-state index is 3.94. The summed E-state index contributed by atoms with van der Waals surface area (Å²) in [6.07, 6.45) is 8.30. The van der Waals surface area contributed by atoms with E-state index in [9.17, 15) is 0 Å². The van der Waals surface area contributed by atoms with Gasteiger partial charge in [0.25, 0.3) is 0 Å². The molecule has 1 unspecified atom stereocenters. The summed E-state index contributed by atoms with van der Waals surface area (Å²) in [7, 11) is 0. The van der Waals surface area contributed by atoms with E-state index in [1.54, 1.807) is 5.56 Å². The minimum atomic E-state index is 0.298. The quantitative estimate of drug-likeness (QED) is 0.825. The fourth-order valence-electron chi connectivity index (χ4n) is 3.70. The van der Waals surface area contributed by atoms with Gasteiger partial charge in [-0.2, -0.15) is 0 Å². The zero-order valence-electron chi connectivity index (χ0n) is 11.8. The normalized spacial score (nSPS) is 29.0. The SMILES string of the molecule is Cc1ccc(C)c(C2(C3CC3)CCCCCN2)c1. The van der Waals surface area contributed by atoms with Crippen LogP contribution in [0.25, 0.3) is 0 Å². The van der Waals surface area contributed by atoms with Gasteiger partial charge in [0.1, 0.15) is 0 Å². The van der Waals surface area contributed by atoms with Gasteiger partial charge in [0.05, 0.1) is 0 Å². The lowest BCUT2D eigenvalue weighted by Gasteiger charge is -2.36. The average Bonchev–Trinajstić information content (AvgIpc) is 3.17. The van der Waals surface area contributed by atoms with Crippen LogP contribution < -0.4 is 5.32 Å². The Kier molecular flexibility index (Phi) is 3.19. The van der Waals surface area contributed by atoms with Gasteiger partial charge in [-0.05, 0) is 63.1 Å². The Morgan fingerprint density at radius 1 is 1.11 bits per heavy atom. The lowest BCUT2D eigenvalue weighted by molar-refractivity contribution is 0.277. The number of aryl methyl sites for hydroxylation is 2. The molecule has 0 radical (unpaired) electrons. The summed E-state index contributed by atoms with van der Waals surface area (Å²) in [6.45, 7) is 5.70. The van der Waals surface area contributed by atoms with Crippen molar-refractivity contribution in [1.29, 1.82) is 0 Å². The molecule has 0 bridgehead atoms. The van der Waals surface area contributed by atoms with Crippen molar-refractivity contribution >= 4 is 0 Å².